The van der Waals surface area contributed by atoms with Crippen LogP contribution in [0.2, 0.25) is 0 Å². The quantitative estimate of drug-likeness (QED) is 0.561. The van der Waals surface area contributed by atoms with Crippen LogP contribution in [0.15, 0.2) is 35.3 Å². The average Bonchev–Trinajstić information content (AvgIpc) is 3.32. The van der Waals surface area contributed by atoms with Gasteiger partial charge in [0.15, 0.2) is 5.96 Å². The predicted molar refractivity (Wildman–Crippen MR) is 92.6 cm³/mol. The molecule has 1 aromatic rings. The first-order chi connectivity index (χ1) is 11.2. The van der Waals surface area contributed by atoms with Gasteiger partial charge in [0.25, 0.3) is 0 Å². The molecule has 124 valence electrons. The number of guanidine groups is 1. The standard InChI is InChI=1S/C17H25N5O/c1-18-17(21-14-9-10-22(12-14)15-7-8-15)19-11-16(23)20-13-5-3-2-4-6-13/h2-6,14-15H,7-12H2,1H3,(H,20,23)(H2,18,19,21). The van der Waals surface area contributed by atoms with Crippen LogP contribution in [0.3, 0.4) is 0 Å². The van der Waals surface area contributed by atoms with E-state index in [0.717, 1.165) is 31.2 Å². The van der Waals surface area contributed by atoms with E-state index < -0.39 is 0 Å². The van der Waals surface area contributed by atoms with E-state index in [4.69, 9.17) is 0 Å². The van der Waals surface area contributed by atoms with Gasteiger partial charge in [0.2, 0.25) is 5.91 Å². The Morgan fingerprint density at radius 1 is 1.26 bits per heavy atom. The molecule has 3 N–H and O–H groups in total. The van der Waals surface area contributed by atoms with Crippen molar-refractivity contribution >= 4 is 17.6 Å². The number of hydrogen-bond acceptors (Lipinski definition) is 3. The number of carbonyl (C=O) groups excluding carboxylic acids is 1. The number of benzene rings is 1. The molecule has 0 radical (unpaired) electrons. The van der Waals surface area contributed by atoms with Crippen LogP contribution in [-0.4, -0.2) is 55.5 Å². The molecular weight excluding hydrogens is 290 g/mol. The Kier molecular flexibility index (Phi) is 5.12. The molecule has 1 atom stereocenters. The lowest BCUT2D eigenvalue weighted by atomic mass is 10.3. The molecule has 3 rings (SSSR count). The van der Waals surface area contributed by atoms with Crippen molar-refractivity contribution in [2.75, 3.05) is 32.0 Å². The number of hydrogen-bond donors (Lipinski definition) is 3. The molecule has 0 bridgehead atoms. The van der Waals surface area contributed by atoms with Crippen molar-refractivity contribution < 1.29 is 4.79 Å². The summed E-state index contributed by atoms with van der Waals surface area (Å²) < 4.78 is 0. The number of aliphatic imine (C=N–C) groups is 1. The van der Waals surface area contributed by atoms with Crippen LogP contribution in [0.1, 0.15) is 19.3 Å². The van der Waals surface area contributed by atoms with Crippen molar-refractivity contribution in [1.82, 2.24) is 15.5 Å². The van der Waals surface area contributed by atoms with Gasteiger partial charge in [-0.3, -0.25) is 14.7 Å². The molecule has 1 saturated heterocycles. The molecule has 2 aliphatic rings. The van der Waals surface area contributed by atoms with Gasteiger partial charge in [-0.1, -0.05) is 18.2 Å². The van der Waals surface area contributed by atoms with Crippen molar-refractivity contribution in [1.29, 1.82) is 0 Å². The van der Waals surface area contributed by atoms with Crippen LogP contribution in [0.5, 0.6) is 0 Å². The summed E-state index contributed by atoms with van der Waals surface area (Å²) in [5.74, 6) is 0.612. The number of nitrogens with one attached hydrogen (secondary N) is 3. The molecule has 1 aromatic carbocycles. The highest BCUT2D eigenvalue weighted by Crippen LogP contribution is 2.29. The Labute approximate surface area is 137 Å². The Hall–Kier alpha value is -2.08. The maximum atomic E-state index is 12.0. The zero-order valence-electron chi connectivity index (χ0n) is 13.6. The van der Waals surface area contributed by atoms with Gasteiger partial charge < -0.3 is 16.0 Å². The van der Waals surface area contributed by atoms with Gasteiger partial charge >= 0.3 is 0 Å². The number of para-hydroxylation sites is 1. The normalized spacial score (nSPS) is 22.0. The molecule has 0 spiro atoms. The summed E-state index contributed by atoms with van der Waals surface area (Å²) in [4.78, 5) is 18.7. The smallest absolute Gasteiger partial charge is 0.243 e. The highest BCUT2D eigenvalue weighted by atomic mass is 16.1. The number of carbonyl (C=O) groups is 1. The summed E-state index contributed by atoms with van der Waals surface area (Å²) in [5.41, 5.74) is 0.804. The molecule has 1 aliphatic carbocycles. The molecule has 1 saturated carbocycles. The lowest BCUT2D eigenvalue weighted by molar-refractivity contribution is -0.115. The van der Waals surface area contributed by atoms with Gasteiger partial charge in [-0.25, -0.2) is 0 Å². The number of amides is 1. The molecule has 1 heterocycles. The molecule has 1 aliphatic heterocycles. The minimum Gasteiger partial charge on any atom is -0.352 e. The fourth-order valence-corrected chi connectivity index (χ4v) is 2.96. The molecule has 1 amide bonds. The minimum absolute atomic E-state index is 0.0785. The zero-order valence-corrected chi connectivity index (χ0v) is 13.6. The van der Waals surface area contributed by atoms with Gasteiger partial charge in [-0.05, 0) is 31.4 Å². The lowest BCUT2D eigenvalue weighted by Crippen LogP contribution is -2.46. The highest BCUT2D eigenvalue weighted by molar-refractivity contribution is 5.94. The second-order valence-electron chi connectivity index (χ2n) is 6.20. The second kappa shape index (κ2) is 7.46. The molecule has 6 nitrogen and oxygen atoms in total. The van der Waals surface area contributed by atoms with Crippen molar-refractivity contribution in [2.24, 2.45) is 4.99 Å². The Bertz CT molecular complexity index is 555. The third-order valence-electron chi connectivity index (χ3n) is 4.32. The average molecular weight is 315 g/mol. The van der Waals surface area contributed by atoms with Crippen molar-refractivity contribution in [3.63, 3.8) is 0 Å². The maximum Gasteiger partial charge on any atom is 0.243 e. The van der Waals surface area contributed by atoms with Gasteiger partial charge in [0.1, 0.15) is 0 Å². The molecule has 1 unspecified atom stereocenters. The first-order valence-corrected chi connectivity index (χ1v) is 8.31. The Morgan fingerprint density at radius 3 is 2.74 bits per heavy atom. The monoisotopic (exact) mass is 315 g/mol. The van der Waals surface area contributed by atoms with E-state index in [0.29, 0.717) is 12.0 Å². The molecule has 6 heteroatoms. The van der Waals surface area contributed by atoms with Crippen LogP contribution >= 0.6 is 0 Å². The summed E-state index contributed by atoms with van der Waals surface area (Å²) in [6.07, 6.45) is 3.83. The fraction of sp³-hybridized carbons (Fsp3) is 0.529. The van der Waals surface area contributed by atoms with E-state index in [1.807, 2.05) is 30.3 Å². The van der Waals surface area contributed by atoms with E-state index >= 15 is 0 Å². The van der Waals surface area contributed by atoms with E-state index in [1.165, 1.54) is 12.8 Å². The topological polar surface area (TPSA) is 68.8 Å². The maximum absolute atomic E-state index is 12.0. The summed E-state index contributed by atoms with van der Waals surface area (Å²) in [6, 6.07) is 10.7. The van der Waals surface area contributed by atoms with Crippen LogP contribution in [0.4, 0.5) is 5.69 Å². The van der Waals surface area contributed by atoms with E-state index in [1.54, 1.807) is 7.05 Å². The number of rotatable bonds is 5. The summed E-state index contributed by atoms with van der Waals surface area (Å²) in [7, 11) is 1.73. The SMILES string of the molecule is CN=C(NCC(=O)Nc1ccccc1)NC1CCN(C2CC2)C1. The van der Waals surface area contributed by atoms with Gasteiger partial charge in [0.05, 0.1) is 6.54 Å². The van der Waals surface area contributed by atoms with E-state index in [2.05, 4.69) is 25.8 Å². The van der Waals surface area contributed by atoms with Crippen LogP contribution in [0.25, 0.3) is 0 Å². The number of likely N-dealkylation sites (tertiary alicyclic amines) is 1. The first-order valence-electron chi connectivity index (χ1n) is 8.31. The molecule has 2 fully saturated rings. The van der Waals surface area contributed by atoms with Gasteiger partial charge in [-0.2, -0.15) is 0 Å². The van der Waals surface area contributed by atoms with Crippen molar-refractivity contribution in [3.8, 4) is 0 Å². The number of nitrogens with zero attached hydrogens (tertiary/aromatic N) is 2. The van der Waals surface area contributed by atoms with E-state index in [9.17, 15) is 4.79 Å². The number of anilines is 1. The Morgan fingerprint density at radius 2 is 2.04 bits per heavy atom. The van der Waals surface area contributed by atoms with Gasteiger partial charge in [0, 0.05) is 37.9 Å². The first kappa shape index (κ1) is 15.8. The summed E-state index contributed by atoms with van der Waals surface area (Å²) in [6.45, 7) is 2.43. The van der Waals surface area contributed by atoms with Crippen molar-refractivity contribution in [3.05, 3.63) is 30.3 Å². The Balaban J connectivity index is 1.40. The molecule has 23 heavy (non-hydrogen) atoms. The van der Waals surface area contributed by atoms with Gasteiger partial charge in [-0.15, -0.1) is 0 Å². The molecular formula is C17H25N5O. The van der Waals surface area contributed by atoms with E-state index in [-0.39, 0.29) is 12.5 Å². The fourth-order valence-electron chi connectivity index (χ4n) is 2.96. The highest BCUT2D eigenvalue weighted by Gasteiger charge is 2.34. The second-order valence-corrected chi connectivity index (χ2v) is 6.20. The van der Waals surface area contributed by atoms with Crippen LogP contribution in [-0.2, 0) is 4.79 Å². The third-order valence-corrected chi connectivity index (χ3v) is 4.32. The molecule has 0 aromatic heterocycles. The third kappa shape index (κ3) is 4.69. The lowest BCUT2D eigenvalue weighted by Gasteiger charge is -2.18. The van der Waals surface area contributed by atoms with Crippen LogP contribution in [0, 0.1) is 0 Å². The van der Waals surface area contributed by atoms with Crippen molar-refractivity contribution in [2.45, 2.75) is 31.3 Å². The predicted octanol–water partition coefficient (Wildman–Crippen LogP) is 1.03. The minimum atomic E-state index is -0.0785. The zero-order chi connectivity index (χ0) is 16.1. The van der Waals surface area contributed by atoms with Crippen LogP contribution < -0.4 is 16.0 Å². The summed E-state index contributed by atoms with van der Waals surface area (Å²) in [5, 5.41) is 9.35. The summed E-state index contributed by atoms with van der Waals surface area (Å²) >= 11 is 0. The largest absolute Gasteiger partial charge is 0.352 e.